The lowest BCUT2D eigenvalue weighted by Gasteiger charge is -2.04. The quantitative estimate of drug-likeness (QED) is 0.424. The highest BCUT2D eigenvalue weighted by molar-refractivity contribution is 5.21. The van der Waals surface area contributed by atoms with Crippen LogP contribution in [-0.2, 0) is 9.47 Å². The summed E-state index contributed by atoms with van der Waals surface area (Å²) in [4.78, 5) is 0. The van der Waals surface area contributed by atoms with E-state index in [9.17, 15) is 0 Å². The van der Waals surface area contributed by atoms with Gasteiger partial charge in [-0.15, -0.1) is 0 Å². The lowest BCUT2D eigenvalue weighted by atomic mass is 10.2. The van der Waals surface area contributed by atoms with Gasteiger partial charge >= 0.3 is 0 Å². The summed E-state index contributed by atoms with van der Waals surface area (Å²) in [6, 6.07) is 0. The maximum Gasteiger partial charge on any atom is 0.0717 e. The second-order valence-electron chi connectivity index (χ2n) is 2.43. The number of hydrogen-bond acceptors (Lipinski definition) is 2. The Bertz CT molecular complexity index is 171. The number of allylic oxidation sites excluding steroid dienone is 2. The van der Waals surface area contributed by atoms with Gasteiger partial charge in [-0.2, -0.15) is 0 Å². The highest BCUT2D eigenvalue weighted by atomic mass is 16.5. The van der Waals surface area contributed by atoms with Crippen molar-refractivity contribution in [3.63, 3.8) is 0 Å². The molecule has 0 amide bonds. The third-order valence-corrected chi connectivity index (χ3v) is 1.44. The van der Waals surface area contributed by atoms with Crippen LogP contribution in [0.4, 0.5) is 0 Å². The van der Waals surface area contributed by atoms with Crippen LogP contribution >= 0.6 is 0 Å². The van der Waals surface area contributed by atoms with Gasteiger partial charge in [-0.25, -0.2) is 0 Å². The standard InChI is InChI=1S/C11H18O2/c1-4-7-11(5-2)10-13-9-8-12-6-3/h4-5,7H,1-2,6,8-10H2,3H3/b11-7+. The van der Waals surface area contributed by atoms with E-state index in [4.69, 9.17) is 9.47 Å². The molecule has 0 unspecified atom stereocenters. The van der Waals surface area contributed by atoms with Crippen molar-refractivity contribution in [3.05, 3.63) is 37.0 Å². The third-order valence-electron chi connectivity index (χ3n) is 1.44. The zero-order chi connectivity index (χ0) is 9.94. The van der Waals surface area contributed by atoms with E-state index >= 15 is 0 Å². The molecular formula is C11H18O2. The normalized spacial score (nSPS) is 11.3. The maximum atomic E-state index is 5.33. The van der Waals surface area contributed by atoms with E-state index in [1.165, 1.54) is 0 Å². The first kappa shape index (κ1) is 12.1. The fraction of sp³-hybridized carbons (Fsp3) is 0.455. The van der Waals surface area contributed by atoms with Crippen molar-refractivity contribution < 1.29 is 9.47 Å². The molecule has 0 spiro atoms. The van der Waals surface area contributed by atoms with Gasteiger partial charge in [-0.1, -0.05) is 31.4 Å². The summed E-state index contributed by atoms with van der Waals surface area (Å²) in [5, 5.41) is 0. The molecular weight excluding hydrogens is 164 g/mol. The highest BCUT2D eigenvalue weighted by Crippen LogP contribution is 1.96. The molecule has 0 fully saturated rings. The van der Waals surface area contributed by atoms with E-state index in [0.717, 1.165) is 12.2 Å². The average Bonchev–Trinajstić information content (AvgIpc) is 2.16. The van der Waals surface area contributed by atoms with Gasteiger partial charge in [0, 0.05) is 6.61 Å². The summed E-state index contributed by atoms with van der Waals surface area (Å²) in [5.41, 5.74) is 1.03. The predicted octanol–water partition coefficient (Wildman–Crippen LogP) is 2.34. The van der Waals surface area contributed by atoms with Gasteiger partial charge in [0.1, 0.15) is 0 Å². The van der Waals surface area contributed by atoms with Crippen molar-refractivity contribution in [2.24, 2.45) is 0 Å². The van der Waals surface area contributed by atoms with Crippen LogP contribution in [0.2, 0.25) is 0 Å². The number of ether oxygens (including phenoxy) is 2. The van der Waals surface area contributed by atoms with Gasteiger partial charge in [0.15, 0.2) is 0 Å². The molecule has 0 aliphatic carbocycles. The summed E-state index contributed by atoms with van der Waals surface area (Å²) in [5.74, 6) is 0. The molecule has 0 aromatic carbocycles. The summed E-state index contributed by atoms with van der Waals surface area (Å²) in [6.45, 7) is 11.8. The highest BCUT2D eigenvalue weighted by Gasteiger charge is 1.91. The van der Waals surface area contributed by atoms with Gasteiger partial charge < -0.3 is 9.47 Å². The molecule has 0 aliphatic heterocycles. The number of hydrogen-bond donors (Lipinski definition) is 0. The molecule has 0 aromatic rings. The third kappa shape index (κ3) is 7.50. The van der Waals surface area contributed by atoms with E-state index in [-0.39, 0.29) is 0 Å². The molecule has 0 radical (unpaired) electrons. The van der Waals surface area contributed by atoms with Gasteiger partial charge in [0.25, 0.3) is 0 Å². The van der Waals surface area contributed by atoms with E-state index in [0.29, 0.717) is 19.8 Å². The Hall–Kier alpha value is -0.860. The monoisotopic (exact) mass is 182 g/mol. The number of rotatable bonds is 8. The Morgan fingerprint density at radius 1 is 1.23 bits per heavy atom. The fourth-order valence-electron chi connectivity index (χ4n) is 0.779. The van der Waals surface area contributed by atoms with Gasteiger partial charge in [0.2, 0.25) is 0 Å². The topological polar surface area (TPSA) is 18.5 Å². The Balaban J connectivity index is 3.44. The van der Waals surface area contributed by atoms with Gasteiger partial charge in [0.05, 0.1) is 19.8 Å². The van der Waals surface area contributed by atoms with E-state index in [2.05, 4.69) is 13.2 Å². The molecule has 0 N–H and O–H groups in total. The van der Waals surface area contributed by atoms with Crippen molar-refractivity contribution in [1.29, 1.82) is 0 Å². The lowest BCUT2D eigenvalue weighted by Crippen LogP contribution is -2.05. The molecule has 0 saturated heterocycles. The first-order valence-corrected chi connectivity index (χ1v) is 4.44. The molecule has 0 bridgehead atoms. The Morgan fingerprint density at radius 3 is 2.46 bits per heavy atom. The SMILES string of the molecule is C=C/C=C(\C=C)COCCOCC. The maximum absolute atomic E-state index is 5.33. The van der Waals surface area contributed by atoms with Crippen LogP contribution in [0.25, 0.3) is 0 Å². The molecule has 0 saturated carbocycles. The van der Waals surface area contributed by atoms with E-state index in [1.807, 2.05) is 13.0 Å². The Morgan fingerprint density at radius 2 is 1.92 bits per heavy atom. The minimum Gasteiger partial charge on any atom is -0.379 e. The van der Waals surface area contributed by atoms with Crippen molar-refractivity contribution >= 4 is 0 Å². The molecule has 2 nitrogen and oxygen atoms in total. The summed E-state index contributed by atoms with van der Waals surface area (Å²) in [7, 11) is 0. The molecule has 0 aromatic heterocycles. The smallest absolute Gasteiger partial charge is 0.0717 e. The molecule has 74 valence electrons. The second kappa shape index (κ2) is 9.23. The van der Waals surface area contributed by atoms with E-state index < -0.39 is 0 Å². The van der Waals surface area contributed by atoms with Crippen LogP contribution in [0.15, 0.2) is 37.0 Å². The minimum atomic E-state index is 0.572. The molecule has 0 atom stereocenters. The van der Waals surface area contributed by atoms with Crippen LogP contribution < -0.4 is 0 Å². The predicted molar refractivity (Wildman–Crippen MR) is 55.8 cm³/mol. The van der Waals surface area contributed by atoms with Crippen LogP contribution in [0.3, 0.4) is 0 Å². The summed E-state index contributed by atoms with van der Waals surface area (Å²) < 4.78 is 10.4. The van der Waals surface area contributed by atoms with Crippen LogP contribution in [0.5, 0.6) is 0 Å². The Labute approximate surface area is 80.5 Å². The van der Waals surface area contributed by atoms with Crippen LogP contribution in [0, 0.1) is 0 Å². The van der Waals surface area contributed by atoms with Crippen molar-refractivity contribution in [2.45, 2.75) is 6.92 Å². The molecule has 0 rings (SSSR count). The first-order valence-electron chi connectivity index (χ1n) is 4.44. The molecule has 0 aliphatic rings. The summed E-state index contributed by atoms with van der Waals surface area (Å²) >= 11 is 0. The molecule has 0 heterocycles. The van der Waals surface area contributed by atoms with Gasteiger partial charge in [-0.05, 0) is 12.5 Å². The van der Waals surface area contributed by atoms with Crippen molar-refractivity contribution in [2.75, 3.05) is 26.4 Å². The van der Waals surface area contributed by atoms with Crippen LogP contribution in [-0.4, -0.2) is 26.4 Å². The van der Waals surface area contributed by atoms with Crippen molar-refractivity contribution in [1.82, 2.24) is 0 Å². The van der Waals surface area contributed by atoms with Gasteiger partial charge in [-0.3, -0.25) is 0 Å². The molecule has 2 heteroatoms. The Kier molecular flexibility index (Phi) is 8.62. The average molecular weight is 182 g/mol. The fourth-order valence-corrected chi connectivity index (χ4v) is 0.779. The largest absolute Gasteiger partial charge is 0.379 e. The summed E-state index contributed by atoms with van der Waals surface area (Å²) in [6.07, 6.45) is 5.37. The van der Waals surface area contributed by atoms with Crippen LogP contribution in [0.1, 0.15) is 6.92 Å². The second-order valence-corrected chi connectivity index (χ2v) is 2.43. The lowest BCUT2D eigenvalue weighted by molar-refractivity contribution is 0.0627. The first-order chi connectivity index (χ1) is 6.35. The van der Waals surface area contributed by atoms with E-state index in [1.54, 1.807) is 12.2 Å². The molecule has 13 heavy (non-hydrogen) atoms. The minimum absolute atomic E-state index is 0.572. The zero-order valence-electron chi connectivity index (χ0n) is 8.29. The van der Waals surface area contributed by atoms with Crippen molar-refractivity contribution in [3.8, 4) is 0 Å². The zero-order valence-corrected chi connectivity index (χ0v) is 8.29.